The van der Waals surface area contributed by atoms with Crippen molar-refractivity contribution in [1.82, 2.24) is 0 Å². The number of hydrogen-bond acceptors (Lipinski definition) is 4. The number of rotatable bonds is 2. The van der Waals surface area contributed by atoms with Crippen LogP contribution in [0, 0.1) is 13.8 Å². The molecule has 0 heterocycles. The molecule has 0 aliphatic rings. The third-order valence-corrected chi connectivity index (χ3v) is 3.19. The summed E-state index contributed by atoms with van der Waals surface area (Å²) in [4.78, 5) is 0. The SMILES string of the molecule is COc1c(OC)c(O)c2cc(C)c(C)cc2c1O. The summed E-state index contributed by atoms with van der Waals surface area (Å²) in [6.45, 7) is 3.89. The number of fused-ring (bicyclic) bond motifs is 1. The molecule has 2 aromatic carbocycles. The second kappa shape index (κ2) is 4.29. The molecule has 0 spiro atoms. The Balaban J connectivity index is 2.97. The Hall–Kier alpha value is -2.10. The zero-order valence-corrected chi connectivity index (χ0v) is 10.9. The van der Waals surface area contributed by atoms with Gasteiger partial charge < -0.3 is 19.7 Å². The summed E-state index contributed by atoms with van der Waals surface area (Å²) < 4.78 is 10.2. The van der Waals surface area contributed by atoms with Gasteiger partial charge in [-0.05, 0) is 37.1 Å². The van der Waals surface area contributed by atoms with Gasteiger partial charge in [0.15, 0.2) is 11.5 Å². The third kappa shape index (κ3) is 1.61. The highest BCUT2D eigenvalue weighted by molar-refractivity contribution is 5.99. The van der Waals surface area contributed by atoms with E-state index >= 15 is 0 Å². The number of methoxy groups -OCH3 is 2. The van der Waals surface area contributed by atoms with Crippen molar-refractivity contribution in [3.63, 3.8) is 0 Å². The summed E-state index contributed by atoms with van der Waals surface area (Å²) in [5, 5.41) is 21.5. The maximum atomic E-state index is 10.2. The maximum Gasteiger partial charge on any atom is 0.207 e. The van der Waals surface area contributed by atoms with Crippen molar-refractivity contribution in [2.24, 2.45) is 0 Å². The Kier molecular flexibility index (Phi) is 2.95. The van der Waals surface area contributed by atoms with Crippen molar-refractivity contribution in [3.05, 3.63) is 23.3 Å². The van der Waals surface area contributed by atoms with Gasteiger partial charge in [-0.25, -0.2) is 0 Å². The van der Waals surface area contributed by atoms with Gasteiger partial charge in [0.05, 0.1) is 14.2 Å². The van der Waals surface area contributed by atoms with Crippen LogP contribution in [0.15, 0.2) is 12.1 Å². The first-order valence-electron chi connectivity index (χ1n) is 5.58. The normalized spacial score (nSPS) is 10.7. The first-order chi connectivity index (χ1) is 8.51. The number of aryl methyl sites for hydroxylation is 2. The fourth-order valence-electron chi connectivity index (χ4n) is 2.05. The number of phenols is 2. The van der Waals surface area contributed by atoms with Gasteiger partial charge in [-0.15, -0.1) is 0 Å². The average Bonchev–Trinajstić information content (AvgIpc) is 2.35. The van der Waals surface area contributed by atoms with Crippen molar-refractivity contribution < 1.29 is 19.7 Å². The van der Waals surface area contributed by atoms with Crippen LogP contribution in [0.5, 0.6) is 23.0 Å². The Morgan fingerprint density at radius 3 is 1.39 bits per heavy atom. The van der Waals surface area contributed by atoms with Crippen LogP contribution in [0.4, 0.5) is 0 Å². The second-order valence-corrected chi connectivity index (χ2v) is 4.25. The summed E-state index contributed by atoms with van der Waals surface area (Å²) in [5.41, 5.74) is 2.06. The van der Waals surface area contributed by atoms with E-state index in [0.29, 0.717) is 10.8 Å². The zero-order chi connectivity index (χ0) is 13.4. The van der Waals surface area contributed by atoms with E-state index in [1.165, 1.54) is 14.2 Å². The Labute approximate surface area is 105 Å². The maximum absolute atomic E-state index is 10.2. The van der Waals surface area contributed by atoms with E-state index in [4.69, 9.17) is 9.47 Å². The fraction of sp³-hybridized carbons (Fsp3) is 0.286. The van der Waals surface area contributed by atoms with Crippen LogP contribution in [-0.4, -0.2) is 24.4 Å². The lowest BCUT2D eigenvalue weighted by atomic mass is 10.0. The minimum atomic E-state index is -0.0229. The molecular formula is C14H16O4. The fourth-order valence-corrected chi connectivity index (χ4v) is 2.05. The van der Waals surface area contributed by atoms with Crippen LogP contribution in [0.2, 0.25) is 0 Å². The molecule has 0 amide bonds. The summed E-state index contributed by atoms with van der Waals surface area (Å²) in [5.74, 6) is 0.243. The van der Waals surface area contributed by atoms with Crippen LogP contribution in [0.25, 0.3) is 10.8 Å². The predicted molar refractivity (Wildman–Crippen MR) is 69.9 cm³/mol. The number of hydrogen-bond donors (Lipinski definition) is 2. The highest BCUT2D eigenvalue weighted by Gasteiger charge is 2.20. The Bertz CT molecular complexity index is 563. The molecule has 18 heavy (non-hydrogen) atoms. The topological polar surface area (TPSA) is 58.9 Å². The van der Waals surface area contributed by atoms with Crippen LogP contribution in [0.1, 0.15) is 11.1 Å². The number of aromatic hydroxyl groups is 2. The molecule has 2 N–H and O–H groups in total. The minimum absolute atomic E-state index is 0.0229. The molecule has 0 atom stereocenters. The standard InChI is InChI=1S/C14H16O4/c1-7-5-9-10(6-8(7)2)12(16)14(18-4)13(17-3)11(9)15/h5-6,15-16H,1-4H3. The van der Waals surface area contributed by atoms with Gasteiger partial charge in [0.1, 0.15) is 0 Å². The van der Waals surface area contributed by atoms with Crippen molar-refractivity contribution in [2.45, 2.75) is 13.8 Å². The van der Waals surface area contributed by atoms with Gasteiger partial charge >= 0.3 is 0 Å². The van der Waals surface area contributed by atoms with Gasteiger partial charge in [0.2, 0.25) is 11.5 Å². The quantitative estimate of drug-likeness (QED) is 0.802. The van der Waals surface area contributed by atoms with Gasteiger partial charge in [-0.3, -0.25) is 0 Å². The molecule has 0 fully saturated rings. The molecule has 0 unspecified atom stereocenters. The lowest BCUT2D eigenvalue weighted by Gasteiger charge is -2.15. The van der Waals surface area contributed by atoms with Crippen molar-refractivity contribution in [1.29, 1.82) is 0 Å². The minimum Gasteiger partial charge on any atom is -0.504 e. The summed E-state index contributed by atoms with van der Waals surface area (Å²) in [6.07, 6.45) is 0. The lowest BCUT2D eigenvalue weighted by Crippen LogP contribution is -1.94. The number of benzene rings is 2. The smallest absolute Gasteiger partial charge is 0.207 e. The van der Waals surface area contributed by atoms with Crippen LogP contribution in [0.3, 0.4) is 0 Å². The molecule has 0 aromatic heterocycles. The third-order valence-electron chi connectivity index (χ3n) is 3.19. The van der Waals surface area contributed by atoms with E-state index in [0.717, 1.165) is 11.1 Å². The van der Waals surface area contributed by atoms with Crippen molar-refractivity contribution in [3.8, 4) is 23.0 Å². The lowest BCUT2D eigenvalue weighted by molar-refractivity contribution is 0.320. The van der Waals surface area contributed by atoms with E-state index in [1.54, 1.807) is 0 Å². The highest BCUT2D eigenvalue weighted by Crippen LogP contribution is 2.50. The molecule has 0 bridgehead atoms. The molecule has 2 aromatic rings. The van der Waals surface area contributed by atoms with Crippen molar-refractivity contribution in [2.75, 3.05) is 14.2 Å². The predicted octanol–water partition coefficient (Wildman–Crippen LogP) is 2.89. The molecule has 0 saturated heterocycles. The first kappa shape index (κ1) is 12.4. The monoisotopic (exact) mass is 248 g/mol. The molecule has 4 heteroatoms. The van der Waals surface area contributed by atoms with E-state index in [2.05, 4.69) is 0 Å². The van der Waals surface area contributed by atoms with E-state index in [1.807, 2.05) is 26.0 Å². The van der Waals surface area contributed by atoms with Gasteiger partial charge in [0.25, 0.3) is 0 Å². The largest absolute Gasteiger partial charge is 0.504 e. The summed E-state index contributed by atoms with van der Waals surface area (Å²) in [6, 6.07) is 3.64. The van der Waals surface area contributed by atoms with E-state index in [-0.39, 0.29) is 23.0 Å². The molecule has 0 aliphatic heterocycles. The summed E-state index contributed by atoms with van der Waals surface area (Å²) >= 11 is 0. The molecule has 0 aliphatic carbocycles. The number of ether oxygens (including phenoxy) is 2. The molecular weight excluding hydrogens is 232 g/mol. The zero-order valence-electron chi connectivity index (χ0n) is 10.9. The summed E-state index contributed by atoms with van der Waals surface area (Å²) in [7, 11) is 2.84. The van der Waals surface area contributed by atoms with E-state index in [9.17, 15) is 10.2 Å². The Morgan fingerprint density at radius 2 is 1.11 bits per heavy atom. The van der Waals surface area contributed by atoms with Gasteiger partial charge in [-0.1, -0.05) is 0 Å². The van der Waals surface area contributed by atoms with Crippen molar-refractivity contribution >= 4 is 10.8 Å². The molecule has 96 valence electrons. The van der Waals surface area contributed by atoms with Crippen LogP contribution < -0.4 is 9.47 Å². The van der Waals surface area contributed by atoms with Crippen LogP contribution in [-0.2, 0) is 0 Å². The molecule has 0 saturated carbocycles. The highest BCUT2D eigenvalue weighted by atomic mass is 16.5. The molecule has 0 radical (unpaired) electrons. The van der Waals surface area contributed by atoms with Gasteiger partial charge in [-0.2, -0.15) is 0 Å². The molecule has 2 rings (SSSR count). The average molecular weight is 248 g/mol. The van der Waals surface area contributed by atoms with Crippen LogP contribution >= 0.6 is 0 Å². The van der Waals surface area contributed by atoms with E-state index < -0.39 is 0 Å². The molecule has 4 nitrogen and oxygen atoms in total. The Morgan fingerprint density at radius 1 is 0.778 bits per heavy atom. The van der Waals surface area contributed by atoms with Gasteiger partial charge in [0, 0.05) is 10.8 Å². The second-order valence-electron chi connectivity index (χ2n) is 4.25. The first-order valence-corrected chi connectivity index (χ1v) is 5.58. The number of phenolic OH excluding ortho intramolecular Hbond substituents is 2.